The summed E-state index contributed by atoms with van der Waals surface area (Å²) < 4.78 is 11.1. The predicted molar refractivity (Wildman–Crippen MR) is 60.3 cm³/mol. The van der Waals surface area contributed by atoms with E-state index < -0.39 is 5.60 Å². The van der Waals surface area contributed by atoms with E-state index in [0.717, 1.165) is 0 Å². The smallest absolute Gasteiger partial charge is 0.410 e. The van der Waals surface area contributed by atoms with Gasteiger partial charge in [-0.3, -0.25) is 0 Å². The molecule has 1 amide bonds. The summed E-state index contributed by atoms with van der Waals surface area (Å²) in [5, 5.41) is 0. The highest BCUT2D eigenvalue weighted by Gasteiger charge is 2.36. The van der Waals surface area contributed by atoms with Gasteiger partial charge in [0.1, 0.15) is 5.60 Å². The van der Waals surface area contributed by atoms with E-state index in [-0.39, 0.29) is 12.2 Å². The van der Waals surface area contributed by atoms with Gasteiger partial charge in [0.05, 0.1) is 25.3 Å². The second kappa shape index (κ2) is 4.24. The third kappa shape index (κ3) is 2.88. The number of carbonyl (C=O) groups excluding carboxylic acids is 1. The van der Waals surface area contributed by atoms with E-state index in [1.165, 1.54) is 19.3 Å². The minimum Gasteiger partial charge on any atom is -0.444 e. The Morgan fingerprint density at radius 2 is 1.81 bits per heavy atom. The molecule has 2 fully saturated rings. The summed E-state index contributed by atoms with van der Waals surface area (Å²) in [4.78, 5) is 13.3. The van der Waals surface area contributed by atoms with Crippen LogP contribution in [0, 0.1) is 0 Å². The topological polar surface area (TPSA) is 38.8 Å². The summed E-state index contributed by atoms with van der Waals surface area (Å²) in [5.41, 5.74) is -0.406. The number of nitrogens with zero attached hydrogens (tertiary/aromatic N) is 1. The molecular weight excluding hydrogens is 206 g/mol. The van der Waals surface area contributed by atoms with Crippen LogP contribution in [0.1, 0.15) is 40.0 Å². The molecule has 0 atom stereocenters. The van der Waals surface area contributed by atoms with Crippen molar-refractivity contribution in [3.8, 4) is 0 Å². The fraction of sp³-hybridized carbons (Fsp3) is 0.917. The molecule has 0 radical (unpaired) electrons. The van der Waals surface area contributed by atoms with E-state index in [0.29, 0.717) is 19.2 Å². The summed E-state index contributed by atoms with van der Waals surface area (Å²) in [7, 11) is 0. The molecule has 0 bridgehead atoms. The first-order chi connectivity index (χ1) is 7.44. The van der Waals surface area contributed by atoms with Gasteiger partial charge < -0.3 is 14.4 Å². The van der Waals surface area contributed by atoms with E-state index in [1.54, 1.807) is 4.90 Å². The molecule has 1 saturated heterocycles. The molecule has 1 heterocycles. The molecule has 2 aliphatic rings. The van der Waals surface area contributed by atoms with E-state index in [1.807, 2.05) is 20.8 Å². The van der Waals surface area contributed by atoms with Gasteiger partial charge >= 0.3 is 6.09 Å². The lowest BCUT2D eigenvalue weighted by Gasteiger charge is -2.42. The summed E-state index contributed by atoms with van der Waals surface area (Å²) in [6.07, 6.45) is 4.11. The van der Waals surface area contributed by atoms with Crippen molar-refractivity contribution in [2.24, 2.45) is 0 Å². The van der Waals surface area contributed by atoms with Crippen molar-refractivity contribution < 1.29 is 14.3 Å². The number of hydrogen-bond acceptors (Lipinski definition) is 3. The summed E-state index contributed by atoms with van der Waals surface area (Å²) in [5.74, 6) is 0. The number of amides is 1. The number of rotatable bonds is 2. The molecule has 92 valence electrons. The van der Waals surface area contributed by atoms with Gasteiger partial charge in [-0.15, -0.1) is 0 Å². The zero-order valence-corrected chi connectivity index (χ0v) is 10.4. The average Bonchev–Trinajstić information content (AvgIpc) is 1.93. The highest BCUT2D eigenvalue weighted by atomic mass is 16.6. The number of likely N-dealkylation sites (tertiary alicyclic amines) is 1. The van der Waals surface area contributed by atoms with Crippen LogP contribution in [0.2, 0.25) is 0 Å². The van der Waals surface area contributed by atoms with Crippen LogP contribution in [0.15, 0.2) is 0 Å². The monoisotopic (exact) mass is 227 g/mol. The van der Waals surface area contributed by atoms with Crippen LogP contribution in [0.25, 0.3) is 0 Å². The highest BCUT2D eigenvalue weighted by Crippen LogP contribution is 2.26. The fourth-order valence-corrected chi connectivity index (χ4v) is 1.78. The molecule has 0 spiro atoms. The molecule has 4 nitrogen and oxygen atoms in total. The zero-order valence-electron chi connectivity index (χ0n) is 10.4. The van der Waals surface area contributed by atoms with E-state index in [2.05, 4.69) is 0 Å². The van der Waals surface area contributed by atoms with E-state index in [9.17, 15) is 4.79 Å². The first-order valence-corrected chi connectivity index (χ1v) is 6.07. The van der Waals surface area contributed by atoms with Crippen LogP contribution < -0.4 is 0 Å². The molecular formula is C12H21NO3. The molecule has 16 heavy (non-hydrogen) atoms. The maximum absolute atomic E-state index is 11.6. The average molecular weight is 227 g/mol. The molecule has 2 rings (SSSR count). The van der Waals surface area contributed by atoms with Crippen LogP contribution in [0.3, 0.4) is 0 Å². The third-order valence-electron chi connectivity index (χ3n) is 2.94. The molecule has 0 unspecified atom stereocenters. The van der Waals surface area contributed by atoms with Gasteiger partial charge in [0.25, 0.3) is 0 Å². The molecule has 0 aromatic rings. The zero-order chi connectivity index (χ0) is 11.8. The Labute approximate surface area is 96.9 Å². The van der Waals surface area contributed by atoms with Crippen molar-refractivity contribution >= 4 is 6.09 Å². The van der Waals surface area contributed by atoms with Crippen molar-refractivity contribution in [3.05, 3.63) is 0 Å². The van der Waals surface area contributed by atoms with Crippen LogP contribution in [0.4, 0.5) is 4.79 Å². The van der Waals surface area contributed by atoms with Crippen LogP contribution in [-0.2, 0) is 9.47 Å². The first-order valence-electron chi connectivity index (χ1n) is 6.07. The van der Waals surface area contributed by atoms with Gasteiger partial charge in [-0.05, 0) is 40.0 Å². The summed E-state index contributed by atoms with van der Waals surface area (Å²) in [6, 6.07) is 0. The molecule has 0 N–H and O–H groups in total. The van der Waals surface area contributed by atoms with Gasteiger partial charge in [0.2, 0.25) is 0 Å². The molecule has 1 aliphatic carbocycles. The predicted octanol–water partition coefficient (Wildman–Crippen LogP) is 2.17. The van der Waals surface area contributed by atoms with Gasteiger partial charge in [-0.2, -0.15) is 0 Å². The lowest BCUT2D eigenvalue weighted by Crippen LogP contribution is -2.57. The van der Waals surface area contributed by atoms with E-state index in [4.69, 9.17) is 9.47 Å². The number of hydrogen-bond donors (Lipinski definition) is 0. The minimum atomic E-state index is -0.406. The van der Waals surface area contributed by atoms with Crippen molar-refractivity contribution in [1.82, 2.24) is 4.90 Å². The Kier molecular flexibility index (Phi) is 3.10. The first kappa shape index (κ1) is 11.7. The van der Waals surface area contributed by atoms with Gasteiger partial charge in [-0.25, -0.2) is 4.79 Å². The maximum atomic E-state index is 11.6. The Morgan fingerprint density at radius 1 is 1.19 bits per heavy atom. The normalized spacial score (nSPS) is 22.6. The molecule has 4 heteroatoms. The number of ether oxygens (including phenoxy) is 2. The standard InChI is InChI=1S/C12H21NO3/c1-12(2,3)16-11(14)13-7-10(8-13)15-9-5-4-6-9/h9-10H,4-8H2,1-3H3. The second-order valence-electron chi connectivity index (χ2n) is 5.70. The highest BCUT2D eigenvalue weighted by molar-refractivity contribution is 5.69. The lowest BCUT2D eigenvalue weighted by atomic mass is 9.95. The summed E-state index contributed by atoms with van der Waals surface area (Å²) in [6.45, 7) is 7.02. The van der Waals surface area contributed by atoms with Crippen LogP contribution >= 0.6 is 0 Å². The Balaban J connectivity index is 1.65. The fourth-order valence-electron chi connectivity index (χ4n) is 1.78. The van der Waals surface area contributed by atoms with Crippen molar-refractivity contribution in [2.75, 3.05) is 13.1 Å². The quantitative estimate of drug-likeness (QED) is 0.725. The van der Waals surface area contributed by atoms with Gasteiger partial charge in [0.15, 0.2) is 0 Å². The largest absolute Gasteiger partial charge is 0.444 e. The molecule has 1 saturated carbocycles. The van der Waals surface area contributed by atoms with E-state index >= 15 is 0 Å². The second-order valence-corrected chi connectivity index (χ2v) is 5.70. The third-order valence-corrected chi connectivity index (χ3v) is 2.94. The van der Waals surface area contributed by atoms with Gasteiger partial charge in [-0.1, -0.05) is 0 Å². The Hall–Kier alpha value is -0.770. The molecule has 1 aliphatic heterocycles. The van der Waals surface area contributed by atoms with Crippen LogP contribution in [-0.4, -0.2) is 41.9 Å². The molecule has 0 aromatic carbocycles. The lowest BCUT2D eigenvalue weighted by molar-refractivity contribution is -0.113. The van der Waals surface area contributed by atoms with Crippen molar-refractivity contribution in [2.45, 2.75) is 57.8 Å². The summed E-state index contributed by atoms with van der Waals surface area (Å²) >= 11 is 0. The van der Waals surface area contributed by atoms with Crippen LogP contribution in [0.5, 0.6) is 0 Å². The Bertz CT molecular complexity index is 262. The van der Waals surface area contributed by atoms with Gasteiger partial charge in [0, 0.05) is 0 Å². The van der Waals surface area contributed by atoms with Crippen molar-refractivity contribution in [3.63, 3.8) is 0 Å². The minimum absolute atomic E-state index is 0.221. The van der Waals surface area contributed by atoms with Crippen molar-refractivity contribution in [1.29, 1.82) is 0 Å². The maximum Gasteiger partial charge on any atom is 0.410 e. The number of carbonyl (C=O) groups is 1. The Morgan fingerprint density at radius 3 is 2.25 bits per heavy atom. The molecule has 0 aromatic heterocycles. The SMILES string of the molecule is CC(C)(C)OC(=O)N1CC(OC2CCC2)C1.